The van der Waals surface area contributed by atoms with Crippen molar-refractivity contribution in [2.45, 2.75) is 51.9 Å². The molecule has 2 rings (SSSR count). The Morgan fingerprint density at radius 1 is 1.21 bits per heavy atom. The van der Waals surface area contributed by atoms with Crippen LogP contribution in [0.4, 0.5) is 11.4 Å². The predicted molar refractivity (Wildman–Crippen MR) is 95.4 cm³/mol. The van der Waals surface area contributed by atoms with E-state index in [9.17, 15) is 4.79 Å². The second-order valence-electron chi connectivity index (χ2n) is 7.16. The number of hydrogen-bond donors (Lipinski definition) is 1. The molecule has 0 radical (unpaired) electrons. The summed E-state index contributed by atoms with van der Waals surface area (Å²) in [6.07, 6.45) is 3.02. The largest absolute Gasteiger partial charge is 1.00 e. The van der Waals surface area contributed by atoms with Crippen molar-refractivity contribution >= 4 is 23.1 Å². The van der Waals surface area contributed by atoms with Crippen molar-refractivity contribution in [3.63, 3.8) is 0 Å². The highest BCUT2D eigenvalue weighted by Gasteiger charge is 2.42. The van der Waals surface area contributed by atoms with E-state index in [1.807, 2.05) is 0 Å². The maximum absolute atomic E-state index is 10.6. The van der Waals surface area contributed by atoms with Crippen LogP contribution in [0.1, 0.15) is 52.0 Å². The fourth-order valence-corrected chi connectivity index (χ4v) is 3.26. The van der Waals surface area contributed by atoms with Crippen molar-refractivity contribution < 1.29 is 31.5 Å². The SMILES string of the molecule is CC1=[N+](CCCCCC(=O)O)c2ccc(N(C)C)cc2C1(C)C.[Br-]. The van der Waals surface area contributed by atoms with Gasteiger partial charge in [0.05, 0.1) is 5.41 Å². The van der Waals surface area contributed by atoms with E-state index in [2.05, 4.69) is 62.5 Å². The molecule has 0 atom stereocenters. The highest BCUT2D eigenvalue weighted by molar-refractivity contribution is 5.93. The highest BCUT2D eigenvalue weighted by atomic mass is 79.9. The first-order chi connectivity index (χ1) is 10.7. The lowest BCUT2D eigenvalue weighted by atomic mass is 9.82. The molecule has 4 nitrogen and oxygen atoms in total. The summed E-state index contributed by atoms with van der Waals surface area (Å²) in [6, 6.07) is 6.69. The lowest BCUT2D eigenvalue weighted by Gasteiger charge is -2.18. The van der Waals surface area contributed by atoms with Crippen LogP contribution in [-0.4, -0.2) is 42.0 Å². The molecule has 0 amide bonds. The van der Waals surface area contributed by atoms with Crippen molar-refractivity contribution in [1.29, 1.82) is 0 Å². The average molecular weight is 397 g/mol. The molecule has 1 aromatic rings. The summed E-state index contributed by atoms with van der Waals surface area (Å²) < 4.78 is 2.41. The van der Waals surface area contributed by atoms with Crippen LogP contribution in [0.25, 0.3) is 0 Å². The smallest absolute Gasteiger partial charge is 0.303 e. The Kier molecular flexibility index (Phi) is 7.02. The number of rotatable bonds is 7. The molecule has 0 aromatic heterocycles. The maximum Gasteiger partial charge on any atom is 0.303 e. The van der Waals surface area contributed by atoms with Crippen molar-refractivity contribution in [2.24, 2.45) is 0 Å². The normalized spacial score (nSPS) is 15.0. The zero-order chi connectivity index (χ0) is 17.2. The molecule has 134 valence electrons. The Hall–Kier alpha value is -1.36. The summed E-state index contributed by atoms with van der Waals surface area (Å²) in [6.45, 7) is 7.74. The summed E-state index contributed by atoms with van der Waals surface area (Å²) >= 11 is 0. The lowest BCUT2D eigenvalue weighted by molar-refractivity contribution is -0.439. The molecule has 0 spiro atoms. The summed E-state index contributed by atoms with van der Waals surface area (Å²) in [5.41, 5.74) is 5.33. The maximum atomic E-state index is 10.6. The van der Waals surface area contributed by atoms with Crippen molar-refractivity contribution in [1.82, 2.24) is 0 Å². The third-order valence-corrected chi connectivity index (χ3v) is 5.04. The number of nitrogens with zero attached hydrogens (tertiary/aromatic N) is 2. The Labute approximate surface area is 156 Å². The standard InChI is InChI=1S/C19H28N2O2.BrH/c1-14-19(2,3)16-13-15(20(4)5)10-11-17(16)21(14)12-8-6-7-9-18(22)23;/h10-11,13H,6-9,12H2,1-5H3;1H. The number of anilines is 1. The van der Waals surface area contributed by atoms with Crippen LogP contribution < -0.4 is 21.9 Å². The summed E-state index contributed by atoms with van der Waals surface area (Å²) in [7, 11) is 4.14. The topological polar surface area (TPSA) is 43.6 Å². The molecule has 1 N–H and O–H groups in total. The number of halogens is 1. The van der Waals surface area contributed by atoms with Gasteiger partial charge in [0, 0.05) is 51.2 Å². The van der Waals surface area contributed by atoms with E-state index in [1.54, 1.807) is 0 Å². The number of unbranched alkanes of at least 4 members (excludes halogenated alkanes) is 2. The number of carbonyl (C=O) groups is 1. The quantitative estimate of drug-likeness (QED) is 0.547. The van der Waals surface area contributed by atoms with E-state index < -0.39 is 5.97 Å². The van der Waals surface area contributed by atoms with Gasteiger partial charge in [-0.15, -0.1) is 0 Å². The second-order valence-corrected chi connectivity index (χ2v) is 7.16. The predicted octanol–water partition coefficient (Wildman–Crippen LogP) is 0.798. The van der Waals surface area contributed by atoms with Gasteiger partial charge in [-0.3, -0.25) is 4.79 Å². The minimum Gasteiger partial charge on any atom is -1.00 e. The molecule has 1 aromatic carbocycles. The highest BCUT2D eigenvalue weighted by Crippen LogP contribution is 2.41. The van der Waals surface area contributed by atoms with Crippen LogP contribution in [0.3, 0.4) is 0 Å². The first-order valence-electron chi connectivity index (χ1n) is 8.40. The van der Waals surface area contributed by atoms with E-state index in [-0.39, 0.29) is 28.8 Å². The molecule has 24 heavy (non-hydrogen) atoms. The summed E-state index contributed by atoms with van der Waals surface area (Å²) in [5.74, 6) is -0.698. The van der Waals surface area contributed by atoms with Crippen LogP contribution in [0.15, 0.2) is 18.2 Å². The third kappa shape index (κ3) is 4.18. The molecule has 0 aliphatic carbocycles. The molecular formula is C19H29BrN2O2. The fraction of sp³-hybridized carbons (Fsp3) is 0.579. The Morgan fingerprint density at radius 2 is 1.88 bits per heavy atom. The Balaban J connectivity index is 0.00000288. The van der Waals surface area contributed by atoms with E-state index in [4.69, 9.17) is 5.11 Å². The molecule has 1 aliphatic rings. The zero-order valence-electron chi connectivity index (χ0n) is 15.4. The first-order valence-corrected chi connectivity index (χ1v) is 8.40. The van der Waals surface area contributed by atoms with Gasteiger partial charge in [0.2, 0.25) is 5.69 Å². The summed E-state index contributed by atoms with van der Waals surface area (Å²) in [5, 5.41) is 8.72. The summed E-state index contributed by atoms with van der Waals surface area (Å²) in [4.78, 5) is 12.7. The van der Waals surface area contributed by atoms with Gasteiger partial charge in [0.1, 0.15) is 6.54 Å². The Bertz CT molecular complexity index is 636. The minimum absolute atomic E-state index is 0. The van der Waals surface area contributed by atoms with E-state index >= 15 is 0 Å². The van der Waals surface area contributed by atoms with Crippen LogP contribution in [0, 0.1) is 0 Å². The minimum atomic E-state index is -0.698. The van der Waals surface area contributed by atoms with Crippen LogP contribution in [-0.2, 0) is 10.2 Å². The van der Waals surface area contributed by atoms with Gasteiger partial charge < -0.3 is 27.0 Å². The second kappa shape index (κ2) is 8.15. The molecule has 0 saturated carbocycles. The van der Waals surface area contributed by atoms with Crippen LogP contribution >= 0.6 is 0 Å². The molecule has 0 fully saturated rings. The number of carboxylic acid groups (broad SMARTS) is 1. The lowest BCUT2D eigenvalue weighted by Crippen LogP contribution is -3.00. The van der Waals surface area contributed by atoms with Gasteiger partial charge in [-0.2, -0.15) is 4.58 Å². The monoisotopic (exact) mass is 396 g/mol. The number of benzene rings is 1. The Morgan fingerprint density at radius 3 is 2.46 bits per heavy atom. The van der Waals surface area contributed by atoms with E-state index in [1.165, 1.54) is 22.6 Å². The molecule has 0 bridgehead atoms. The van der Waals surface area contributed by atoms with Gasteiger partial charge in [-0.1, -0.05) is 0 Å². The van der Waals surface area contributed by atoms with Crippen LogP contribution in [0.5, 0.6) is 0 Å². The van der Waals surface area contributed by atoms with Crippen molar-refractivity contribution in [3.8, 4) is 0 Å². The number of carboxylic acids is 1. The van der Waals surface area contributed by atoms with E-state index in [0.717, 1.165) is 25.8 Å². The third-order valence-electron chi connectivity index (χ3n) is 5.04. The van der Waals surface area contributed by atoms with Gasteiger partial charge in [0.25, 0.3) is 0 Å². The van der Waals surface area contributed by atoms with Gasteiger partial charge >= 0.3 is 5.97 Å². The molecule has 0 saturated heterocycles. The van der Waals surface area contributed by atoms with Gasteiger partial charge in [0.15, 0.2) is 5.71 Å². The zero-order valence-corrected chi connectivity index (χ0v) is 17.0. The van der Waals surface area contributed by atoms with Gasteiger partial charge in [-0.25, -0.2) is 0 Å². The van der Waals surface area contributed by atoms with Crippen molar-refractivity contribution in [2.75, 3.05) is 25.5 Å². The van der Waals surface area contributed by atoms with Gasteiger partial charge in [-0.05, 0) is 38.8 Å². The fourth-order valence-electron chi connectivity index (χ4n) is 3.26. The average Bonchev–Trinajstić information content (AvgIpc) is 2.67. The first kappa shape index (κ1) is 20.7. The number of aliphatic carboxylic acids is 1. The number of fused-ring (bicyclic) bond motifs is 1. The van der Waals surface area contributed by atoms with Crippen LogP contribution in [0.2, 0.25) is 0 Å². The number of hydrogen-bond acceptors (Lipinski definition) is 2. The van der Waals surface area contributed by atoms with Crippen molar-refractivity contribution in [3.05, 3.63) is 23.8 Å². The molecular weight excluding hydrogens is 368 g/mol. The molecule has 5 heteroatoms. The molecule has 1 heterocycles. The van der Waals surface area contributed by atoms with E-state index in [0.29, 0.717) is 0 Å². The molecule has 0 unspecified atom stereocenters. The molecule has 1 aliphatic heterocycles.